The first-order valence-corrected chi connectivity index (χ1v) is 6.76. The van der Waals surface area contributed by atoms with E-state index in [1.165, 1.54) is 18.4 Å². The van der Waals surface area contributed by atoms with Gasteiger partial charge in [0.2, 0.25) is 0 Å². The summed E-state index contributed by atoms with van der Waals surface area (Å²) in [4.78, 5) is 0. The molecular weight excluding hydrogens is 278 g/mol. The molecule has 1 aromatic carbocycles. The van der Waals surface area contributed by atoms with Crippen molar-refractivity contribution < 1.29 is 4.74 Å². The zero-order valence-corrected chi connectivity index (χ0v) is 11.7. The lowest BCUT2D eigenvalue weighted by atomic mass is 10.1. The zero-order chi connectivity index (χ0) is 12.3. The summed E-state index contributed by atoms with van der Waals surface area (Å²) < 4.78 is 6.85. The van der Waals surface area contributed by atoms with E-state index in [4.69, 9.17) is 4.74 Å². The SMILES string of the molecule is C=CCOc1c(C)cc(Br)cc1CNC1CC1. The van der Waals surface area contributed by atoms with E-state index in [-0.39, 0.29) is 0 Å². The van der Waals surface area contributed by atoms with Crippen molar-refractivity contribution in [3.05, 3.63) is 40.4 Å². The number of ether oxygens (including phenoxy) is 1. The molecule has 0 radical (unpaired) electrons. The average Bonchev–Trinajstić information content (AvgIpc) is 3.08. The van der Waals surface area contributed by atoms with Crippen LogP contribution in [0.2, 0.25) is 0 Å². The maximum absolute atomic E-state index is 5.75. The fraction of sp³-hybridized carbons (Fsp3) is 0.429. The van der Waals surface area contributed by atoms with Gasteiger partial charge in [-0.2, -0.15) is 0 Å². The molecule has 17 heavy (non-hydrogen) atoms. The molecular formula is C14H18BrNO. The molecule has 2 rings (SSSR count). The lowest BCUT2D eigenvalue weighted by molar-refractivity contribution is 0.355. The highest BCUT2D eigenvalue weighted by molar-refractivity contribution is 9.10. The molecule has 3 heteroatoms. The third-order valence-electron chi connectivity index (χ3n) is 2.82. The Morgan fingerprint density at radius 2 is 2.29 bits per heavy atom. The normalized spacial score (nSPS) is 14.7. The maximum Gasteiger partial charge on any atom is 0.127 e. The lowest BCUT2D eigenvalue weighted by Gasteiger charge is -2.14. The minimum absolute atomic E-state index is 0.554. The Hall–Kier alpha value is -0.800. The molecule has 1 aromatic rings. The van der Waals surface area contributed by atoms with Crippen LogP contribution in [0.5, 0.6) is 5.75 Å². The molecule has 92 valence electrons. The summed E-state index contributed by atoms with van der Waals surface area (Å²) in [5.41, 5.74) is 2.37. The molecule has 1 aliphatic carbocycles. The van der Waals surface area contributed by atoms with Gasteiger partial charge < -0.3 is 10.1 Å². The van der Waals surface area contributed by atoms with Crippen molar-refractivity contribution >= 4 is 15.9 Å². The van der Waals surface area contributed by atoms with Crippen molar-refractivity contribution in [2.75, 3.05) is 6.61 Å². The van der Waals surface area contributed by atoms with E-state index in [9.17, 15) is 0 Å². The lowest BCUT2D eigenvalue weighted by Crippen LogP contribution is -2.16. The van der Waals surface area contributed by atoms with E-state index >= 15 is 0 Å². The van der Waals surface area contributed by atoms with Crippen LogP contribution in [0.4, 0.5) is 0 Å². The van der Waals surface area contributed by atoms with Gasteiger partial charge in [-0.25, -0.2) is 0 Å². The van der Waals surface area contributed by atoms with Crippen LogP contribution in [0.15, 0.2) is 29.3 Å². The van der Waals surface area contributed by atoms with Gasteiger partial charge in [0.25, 0.3) is 0 Å². The molecule has 0 atom stereocenters. The Kier molecular flexibility index (Phi) is 4.24. The van der Waals surface area contributed by atoms with Crippen molar-refractivity contribution in [2.24, 2.45) is 0 Å². The van der Waals surface area contributed by atoms with Crippen molar-refractivity contribution in [1.29, 1.82) is 0 Å². The van der Waals surface area contributed by atoms with Crippen LogP contribution in [0, 0.1) is 6.92 Å². The second kappa shape index (κ2) is 5.69. The van der Waals surface area contributed by atoms with Gasteiger partial charge in [-0.15, -0.1) is 0 Å². The molecule has 0 saturated heterocycles. The van der Waals surface area contributed by atoms with Crippen LogP contribution in [0.25, 0.3) is 0 Å². The molecule has 1 aliphatic rings. The van der Waals surface area contributed by atoms with Crippen LogP contribution in [0.3, 0.4) is 0 Å². The Morgan fingerprint density at radius 1 is 1.53 bits per heavy atom. The molecule has 0 aromatic heterocycles. The van der Waals surface area contributed by atoms with Crippen LogP contribution in [-0.4, -0.2) is 12.6 Å². The molecule has 0 amide bonds. The van der Waals surface area contributed by atoms with E-state index in [0.29, 0.717) is 12.6 Å². The molecule has 0 spiro atoms. The van der Waals surface area contributed by atoms with E-state index in [1.807, 2.05) is 0 Å². The van der Waals surface area contributed by atoms with Gasteiger partial charge in [0, 0.05) is 22.6 Å². The summed E-state index contributed by atoms with van der Waals surface area (Å²) in [7, 11) is 0. The van der Waals surface area contributed by atoms with E-state index in [0.717, 1.165) is 22.3 Å². The van der Waals surface area contributed by atoms with E-state index in [2.05, 4.69) is 46.9 Å². The molecule has 0 unspecified atom stereocenters. The zero-order valence-electron chi connectivity index (χ0n) is 10.1. The predicted octanol–water partition coefficient (Wildman–Crippen LogP) is 3.57. The highest BCUT2D eigenvalue weighted by Crippen LogP contribution is 2.29. The fourth-order valence-electron chi connectivity index (χ4n) is 1.82. The minimum Gasteiger partial charge on any atom is -0.489 e. The summed E-state index contributed by atoms with van der Waals surface area (Å²) in [6, 6.07) is 4.92. The average molecular weight is 296 g/mol. The standard InChI is InChI=1S/C14H18BrNO/c1-3-6-17-14-10(2)7-12(15)8-11(14)9-16-13-4-5-13/h3,7-8,13,16H,1,4-6,9H2,2H3. The van der Waals surface area contributed by atoms with E-state index in [1.54, 1.807) is 6.08 Å². The Labute approximate surface area is 111 Å². The first-order chi connectivity index (χ1) is 8.20. The largest absolute Gasteiger partial charge is 0.489 e. The first kappa shape index (κ1) is 12.7. The van der Waals surface area contributed by atoms with Crippen molar-refractivity contribution in [2.45, 2.75) is 32.4 Å². The summed E-state index contributed by atoms with van der Waals surface area (Å²) >= 11 is 3.53. The molecule has 1 saturated carbocycles. The van der Waals surface area contributed by atoms with Crippen LogP contribution >= 0.6 is 15.9 Å². The van der Waals surface area contributed by atoms with Gasteiger partial charge in [0.05, 0.1) is 0 Å². The van der Waals surface area contributed by atoms with Crippen LogP contribution in [-0.2, 0) is 6.54 Å². The number of aryl methyl sites for hydroxylation is 1. The molecule has 1 fully saturated rings. The molecule has 2 nitrogen and oxygen atoms in total. The highest BCUT2D eigenvalue weighted by atomic mass is 79.9. The minimum atomic E-state index is 0.554. The Morgan fingerprint density at radius 3 is 2.94 bits per heavy atom. The van der Waals surface area contributed by atoms with Crippen LogP contribution < -0.4 is 10.1 Å². The van der Waals surface area contributed by atoms with Crippen LogP contribution in [0.1, 0.15) is 24.0 Å². The predicted molar refractivity (Wildman–Crippen MR) is 74.4 cm³/mol. The second-order valence-corrected chi connectivity index (χ2v) is 5.38. The van der Waals surface area contributed by atoms with Gasteiger partial charge >= 0.3 is 0 Å². The number of hydrogen-bond donors (Lipinski definition) is 1. The maximum atomic E-state index is 5.75. The quantitative estimate of drug-likeness (QED) is 0.810. The van der Waals surface area contributed by atoms with Crippen molar-refractivity contribution in [1.82, 2.24) is 5.32 Å². The highest BCUT2D eigenvalue weighted by Gasteiger charge is 2.21. The van der Waals surface area contributed by atoms with Gasteiger partial charge in [0.15, 0.2) is 0 Å². The van der Waals surface area contributed by atoms with E-state index < -0.39 is 0 Å². The Bertz CT molecular complexity index is 413. The molecule has 1 N–H and O–H groups in total. The first-order valence-electron chi connectivity index (χ1n) is 5.97. The van der Waals surface area contributed by atoms with Gasteiger partial charge in [-0.1, -0.05) is 28.6 Å². The number of rotatable bonds is 6. The number of nitrogens with one attached hydrogen (secondary N) is 1. The van der Waals surface area contributed by atoms with Gasteiger partial charge in [-0.05, 0) is 37.5 Å². The fourth-order valence-corrected chi connectivity index (χ4v) is 2.44. The van der Waals surface area contributed by atoms with Crippen molar-refractivity contribution in [3.63, 3.8) is 0 Å². The Balaban J connectivity index is 2.15. The summed E-state index contributed by atoms with van der Waals surface area (Å²) in [6.45, 7) is 7.19. The molecule has 0 heterocycles. The summed E-state index contributed by atoms with van der Waals surface area (Å²) in [5, 5.41) is 3.52. The molecule has 0 bridgehead atoms. The topological polar surface area (TPSA) is 21.3 Å². The second-order valence-electron chi connectivity index (χ2n) is 4.47. The third kappa shape index (κ3) is 3.58. The third-order valence-corrected chi connectivity index (χ3v) is 3.28. The number of hydrogen-bond acceptors (Lipinski definition) is 2. The monoisotopic (exact) mass is 295 g/mol. The smallest absolute Gasteiger partial charge is 0.127 e. The van der Waals surface area contributed by atoms with Gasteiger partial charge in [-0.3, -0.25) is 0 Å². The molecule has 0 aliphatic heterocycles. The summed E-state index contributed by atoms with van der Waals surface area (Å²) in [5.74, 6) is 0.987. The summed E-state index contributed by atoms with van der Waals surface area (Å²) in [6.07, 6.45) is 4.38. The number of benzene rings is 1. The van der Waals surface area contributed by atoms with Gasteiger partial charge in [0.1, 0.15) is 12.4 Å². The van der Waals surface area contributed by atoms with Crippen molar-refractivity contribution in [3.8, 4) is 5.75 Å². The number of halogens is 1.